The number of aromatic hydroxyl groups is 1. The standard InChI is InChI=1S/C23H20ClFN4O2/c1-31-16-5-6-17(21(30)11-16)20-9-14(23-18(24)3-2-4-19(23)25)10-22(29-20)27-8-7-15-12-26-13-28-15/h2-6,9-13,30H,7-8H2,1H3,(H,26,28)(H,27,29). The monoisotopic (exact) mass is 438 g/mol. The highest BCUT2D eigenvalue weighted by atomic mass is 35.5. The normalized spacial score (nSPS) is 10.8. The van der Waals surface area contributed by atoms with Crippen LogP contribution < -0.4 is 10.1 Å². The molecule has 158 valence electrons. The maximum absolute atomic E-state index is 14.6. The summed E-state index contributed by atoms with van der Waals surface area (Å²) in [6, 6.07) is 12.9. The second kappa shape index (κ2) is 9.06. The lowest BCUT2D eigenvalue weighted by Gasteiger charge is -2.14. The van der Waals surface area contributed by atoms with Crippen LogP contribution in [-0.4, -0.2) is 33.7 Å². The van der Waals surface area contributed by atoms with Crippen LogP contribution in [0.2, 0.25) is 5.02 Å². The van der Waals surface area contributed by atoms with Gasteiger partial charge >= 0.3 is 0 Å². The summed E-state index contributed by atoms with van der Waals surface area (Å²) in [6.07, 6.45) is 4.08. The maximum Gasteiger partial charge on any atom is 0.132 e. The number of rotatable bonds is 7. The molecule has 2 heterocycles. The van der Waals surface area contributed by atoms with Crippen molar-refractivity contribution in [3.63, 3.8) is 0 Å². The number of halogens is 2. The van der Waals surface area contributed by atoms with Gasteiger partial charge in [0.25, 0.3) is 0 Å². The van der Waals surface area contributed by atoms with Crippen LogP contribution >= 0.6 is 11.6 Å². The Kier molecular flexibility index (Phi) is 6.04. The molecular weight excluding hydrogens is 419 g/mol. The Morgan fingerprint density at radius 3 is 2.77 bits per heavy atom. The Bertz CT molecular complexity index is 1180. The minimum Gasteiger partial charge on any atom is -0.507 e. The van der Waals surface area contributed by atoms with Gasteiger partial charge in [-0.2, -0.15) is 0 Å². The van der Waals surface area contributed by atoms with Crippen molar-refractivity contribution >= 4 is 17.4 Å². The van der Waals surface area contributed by atoms with Gasteiger partial charge in [0.15, 0.2) is 0 Å². The van der Waals surface area contributed by atoms with Gasteiger partial charge in [-0.1, -0.05) is 17.7 Å². The van der Waals surface area contributed by atoms with Gasteiger partial charge in [0.05, 0.1) is 24.2 Å². The molecule has 2 aromatic carbocycles. The SMILES string of the molecule is COc1ccc(-c2cc(-c3c(F)cccc3Cl)cc(NCCc3cnc[nH]3)n2)c(O)c1. The number of aromatic nitrogens is 3. The number of pyridine rings is 1. The molecule has 0 spiro atoms. The Hall–Kier alpha value is -3.58. The number of phenols is 1. The van der Waals surface area contributed by atoms with E-state index in [2.05, 4.69) is 20.3 Å². The van der Waals surface area contributed by atoms with Crippen LogP contribution in [0.15, 0.2) is 61.1 Å². The Balaban J connectivity index is 1.75. The van der Waals surface area contributed by atoms with Gasteiger partial charge in [0, 0.05) is 42.0 Å². The van der Waals surface area contributed by atoms with Gasteiger partial charge in [0.1, 0.15) is 23.1 Å². The molecule has 0 fully saturated rings. The topological polar surface area (TPSA) is 83.1 Å². The second-order valence-electron chi connectivity index (χ2n) is 6.86. The van der Waals surface area contributed by atoms with E-state index in [1.165, 1.54) is 19.2 Å². The smallest absolute Gasteiger partial charge is 0.132 e. The van der Waals surface area contributed by atoms with E-state index >= 15 is 0 Å². The first-order valence-corrected chi connectivity index (χ1v) is 9.98. The van der Waals surface area contributed by atoms with Gasteiger partial charge < -0.3 is 20.1 Å². The number of nitrogens with zero attached hydrogens (tertiary/aromatic N) is 2. The highest BCUT2D eigenvalue weighted by molar-refractivity contribution is 6.33. The molecule has 0 unspecified atom stereocenters. The minimum atomic E-state index is -0.438. The van der Waals surface area contributed by atoms with Crippen LogP contribution in [0.5, 0.6) is 11.5 Å². The molecule has 0 aliphatic carbocycles. The van der Waals surface area contributed by atoms with E-state index in [9.17, 15) is 9.50 Å². The van der Waals surface area contributed by atoms with Gasteiger partial charge in [-0.05, 0) is 42.0 Å². The van der Waals surface area contributed by atoms with Crippen LogP contribution in [0, 0.1) is 5.82 Å². The van der Waals surface area contributed by atoms with E-state index in [4.69, 9.17) is 16.3 Å². The molecule has 0 bridgehead atoms. The van der Waals surface area contributed by atoms with E-state index in [0.717, 1.165) is 5.69 Å². The fourth-order valence-electron chi connectivity index (χ4n) is 3.28. The first kappa shape index (κ1) is 20.7. The molecule has 0 amide bonds. The zero-order valence-corrected chi connectivity index (χ0v) is 17.4. The molecule has 6 nitrogen and oxygen atoms in total. The first-order chi connectivity index (χ1) is 15.0. The molecule has 0 saturated carbocycles. The van der Waals surface area contributed by atoms with Crippen molar-refractivity contribution in [3.05, 3.63) is 77.6 Å². The summed E-state index contributed by atoms with van der Waals surface area (Å²) in [5.74, 6) is 0.619. The number of anilines is 1. The summed E-state index contributed by atoms with van der Waals surface area (Å²) in [4.78, 5) is 11.7. The maximum atomic E-state index is 14.6. The third-order valence-electron chi connectivity index (χ3n) is 4.81. The fraction of sp³-hybridized carbons (Fsp3) is 0.130. The van der Waals surface area contributed by atoms with Crippen molar-refractivity contribution in [1.82, 2.24) is 15.0 Å². The van der Waals surface area contributed by atoms with Crippen molar-refractivity contribution < 1.29 is 14.2 Å². The summed E-state index contributed by atoms with van der Waals surface area (Å²) >= 11 is 6.30. The van der Waals surface area contributed by atoms with Crippen molar-refractivity contribution in [1.29, 1.82) is 0 Å². The molecule has 0 aliphatic heterocycles. The molecule has 4 rings (SSSR count). The van der Waals surface area contributed by atoms with Crippen molar-refractivity contribution in [2.75, 3.05) is 19.0 Å². The highest BCUT2D eigenvalue weighted by Crippen LogP contribution is 2.37. The molecule has 2 aromatic heterocycles. The Morgan fingerprint density at radius 2 is 2.06 bits per heavy atom. The number of phenolic OH excluding ortho intramolecular Hbond substituents is 1. The minimum absolute atomic E-state index is 0.00652. The van der Waals surface area contributed by atoms with Crippen LogP contribution in [0.1, 0.15) is 5.69 Å². The van der Waals surface area contributed by atoms with E-state index in [-0.39, 0.29) is 11.3 Å². The zero-order valence-electron chi connectivity index (χ0n) is 16.7. The number of imidazole rings is 1. The summed E-state index contributed by atoms with van der Waals surface area (Å²) in [7, 11) is 1.52. The molecule has 0 atom stereocenters. The number of methoxy groups -OCH3 is 1. The largest absolute Gasteiger partial charge is 0.507 e. The average Bonchev–Trinajstić information content (AvgIpc) is 3.27. The summed E-state index contributed by atoms with van der Waals surface area (Å²) in [6.45, 7) is 0.581. The number of hydrogen-bond acceptors (Lipinski definition) is 5. The summed E-state index contributed by atoms with van der Waals surface area (Å²) < 4.78 is 19.8. The van der Waals surface area contributed by atoms with Crippen LogP contribution in [0.4, 0.5) is 10.2 Å². The number of hydrogen-bond donors (Lipinski definition) is 3. The van der Waals surface area contributed by atoms with Crippen LogP contribution in [0.3, 0.4) is 0 Å². The number of nitrogens with one attached hydrogen (secondary N) is 2. The van der Waals surface area contributed by atoms with Crippen LogP contribution in [0.25, 0.3) is 22.4 Å². The lowest BCUT2D eigenvalue weighted by atomic mass is 10.0. The molecule has 4 aromatic rings. The van der Waals surface area contributed by atoms with Crippen molar-refractivity contribution in [2.24, 2.45) is 0 Å². The summed E-state index contributed by atoms with van der Waals surface area (Å²) in [5.41, 5.74) is 2.77. The molecule has 3 N–H and O–H groups in total. The quantitative estimate of drug-likeness (QED) is 0.364. The van der Waals surface area contributed by atoms with Gasteiger partial charge in [0.2, 0.25) is 0 Å². The highest BCUT2D eigenvalue weighted by Gasteiger charge is 2.15. The molecule has 0 radical (unpaired) electrons. The summed E-state index contributed by atoms with van der Waals surface area (Å²) in [5, 5.41) is 14.0. The fourth-order valence-corrected chi connectivity index (χ4v) is 3.55. The zero-order chi connectivity index (χ0) is 21.8. The molecule has 31 heavy (non-hydrogen) atoms. The second-order valence-corrected chi connectivity index (χ2v) is 7.27. The molecule has 8 heteroatoms. The number of ether oxygens (including phenoxy) is 1. The van der Waals surface area contributed by atoms with E-state index in [0.29, 0.717) is 46.4 Å². The molecule has 0 aliphatic rings. The third kappa shape index (κ3) is 4.62. The average molecular weight is 439 g/mol. The number of H-pyrrole nitrogens is 1. The number of benzene rings is 2. The van der Waals surface area contributed by atoms with E-state index in [1.807, 2.05) is 0 Å². The Labute approximate surface area is 183 Å². The van der Waals surface area contributed by atoms with Gasteiger partial charge in [-0.3, -0.25) is 0 Å². The third-order valence-corrected chi connectivity index (χ3v) is 5.13. The lowest BCUT2D eigenvalue weighted by Crippen LogP contribution is -2.07. The van der Waals surface area contributed by atoms with Crippen LogP contribution in [-0.2, 0) is 6.42 Å². The van der Waals surface area contributed by atoms with E-state index in [1.54, 1.807) is 48.9 Å². The predicted molar refractivity (Wildman–Crippen MR) is 119 cm³/mol. The predicted octanol–water partition coefficient (Wildman–Crippen LogP) is 5.30. The molecule has 0 saturated heterocycles. The number of aromatic amines is 1. The van der Waals surface area contributed by atoms with Gasteiger partial charge in [-0.25, -0.2) is 14.4 Å². The lowest BCUT2D eigenvalue weighted by molar-refractivity contribution is 0.408. The Morgan fingerprint density at radius 1 is 1.19 bits per heavy atom. The van der Waals surface area contributed by atoms with Crippen molar-refractivity contribution in [3.8, 4) is 33.9 Å². The molecular formula is C23H20ClFN4O2. The van der Waals surface area contributed by atoms with E-state index < -0.39 is 5.82 Å². The van der Waals surface area contributed by atoms with Gasteiger partial charge in [-0.15, -0.1) is 0 Å². The first-order valence-electron chi connectivity index (χ1n) is 9.60. The van der Waals surface area contributed by atoms with Crippen molar-refractivity contribution in [2.45, 2.75) is 6.42 Å².